The molecule has 24 heavy (non-hydrogen) atoms. The van der Waals surface area contributed by atoms with Gasteiger partial charge < -0.3 is 20.3 Å². The van der Waals surface area contributed by atoms with Crippen molar-refractivity contribution in [3.8, 4) is 11.5 Å². The Balaban J connectivity index is 2.08. The minimum absolute atomic E-state index is 0.223. The zero-order chi connectivity index (χ0) is 17.5. The van der Waals surface area contributed by atoms with E-state index in [0.717, 1.165) is 12.8 Å². The summed E-state index contributed by atoms with van der Waals surface area (Å²) in [7, 11) is 0. The summed E-state index contributed by atoms with van der Waals surface area (Å²) in [5.74, 6) is -1.40. The Kier molecular flexibility index (Phi) is 5.78. The number of aromatic carboxylic acids is 1. The number of hydrogen-bond acceptors (Lipinski definition) is 4. The Morgan fingerprint density at radius 1 is 1.17 bits per heavy atom. The lowest BCUT2D eigenvalue weighted by Gasteiger charge is -2.09. The number of phenols is 1. The summed E-state index contributed by atoms with van der Waals surface area (Å²) in [6, 6.07) is 10.6. The fraction of sp³-hybridized carbons (Fsp3) is 0.222. The third-order valence-corrected chi connectivity index (χ3v) is 3.35. The molecular formula is C18H19NO5. The normalized spacial score (nSPS) is 10.2. The lowest BCUT2D eigenvalue weighted by Crippen LogP contribution is -2.12. The number of unbranched alkanes of at least 4 members (excludes halogenated alkanes) is 1. The van der Waals surface area contributed by atoms with E-state index < -0.39 is 11.7 Å². The predicted octanol–water partition coefficient (Wildman–Crippen LogP) is 3.52. The van der Waals surface area contributed by atoms with Crippen LogP contribution in [0.1, 0.15) is 40.5 Å². The molecule has 126 valence electrons. The van der Waals surface area contributed by atoms with Crippen LogP contribution in [0.2, 0.25) is 0 Å². The first-order valence-corrected chi connectivity index (χ1v) is 7.61. The number of benzene rings is 2. The maximum atomic E-state index is 12.3. The van der Waals surface area contributed by atoms with Crippen molar-refractivity contribution in [3.05, 3.63) is 53.6 Å². The van der Waals surface area contributed by atoms with Crippen LogP contribution in [0.15, 0.2) is 42.5 Å². The van der Waals surface area contributed by atoms with Crippen molar-refractivity contribution >= 4 is 17.6 Å². The van der Waals surface area contributed by atoms with E-state index in [1.165, 1.54) is 18.2 Å². The maximum absolute atomic E-state index is 12.3. The number of anilines is 1. The number of nitrogens with one attached hydrogen (secondary N) is 1. The van der Waals surface area contributed by atoms with Gasteiger partial charge in [0.1, 0.15) is 17.1 Å². The summed E-state index contributed by atoms with van der Waals surface area (Å²) in [6.07, 6.45) is 1.96. The molecule has 6 nitrogen and oxygen atoms in total. The number of rotatable bonds is 7. The number of amides is 1. The molecule has 0 saturated carbocycles. The molecule has 2 aromatic rings. The van der Waals surface area contributed by atoms with E-state index in [0.29, 0.717) is 23.6 Å². The Morgan fingerprint density at radius 3 is 2.62 bits per heavy atom. The van der Waals surface area contributed by atoms with Crippen LogP contribution in [0.5, 0.6) is 11.5 Å². The van der Waals surface area contributed by atoms with E-state index in [1.807, 2.05) is 0 Å². The van der Waals surface area contributed by atoms with Crippen molar-refractivity contribution in [3.63, 3.8) is 0 Å². The average Bonchev–Trinajstić information content (AvgIpc) is 2.55. The zero-order valence-electron chi connectivity index (χ0n) is 13.3. The first kappa shape index (κ1) is 17.3. The number of carbonyl (C=O) groups is 2. The van der Waals surface area contributed by atoms with Crippen LogP contribution in [-0.4, -0.2) is 28.7 Å². The van der Waals surface area contributed by atoms with E-state index in [9.17, 15) is 14.7 Å². The Labute approximate surface area is 139 Å². The molecule has 0 spiro atoms. The first-order valence-electron chi connectivity index (χ1n) is 7.61. The highest BCUT2D eigenvalue weighted by Gasteiger charge is 2.12. The number of carboxylic acid groups (broad SMARTS) is 1. The van der Waals surface area contributed by atoms with Gasteiger partial charge in [-0.25, -0.2) is 4.79 Å². The molecule has 0 heterocycles. The Hall–Kier alpha value is -3.02. The van der Waals surface area contributed by atoms with Gasteiger partial charge in [-0.05, 0) is 36.8 Å². The average molecular weight is 329 g/mol. The molecule has 0 unspecified atom stereocenters. The van der Waals surface area contributed by atoms with Gasteiger partial charge in [-0.3, -0.25) is 4.79 Å². The monoisotopic (exact) mass is 329 g/mol. The Bertz CT molecular complexity index is 742. The molecule has 2 aromatic carbocycles. The summed E-state index contributed by atoms with van der Waals surface area (Å²) < 4.78 is 5.56. The lowest BCUT2D eigenvalue weighted by atomic mass is 10.1. The van der Waals surface area contributed by atoms with Gasteiger partial charge in [0.2, 0.25) is 0 Å². The highest BCUT2D eigenvalue weighted by atomic mass is 16.5. The molecule has 1 amide bonds. The van der Waals surface area contributed by atoms with Crippen molar-refractivity contribution in [1.29, 1.82) is 0 Å². The summed E-state index contributed by atoms with van der Waals surface area (Å²) in [5, 5.41) is 21.1. The van der Waals surface area contributed by atoms with Crippen LogP contribution >= 0.6 is 0 Å². The van der Waals surface area contributed by atoms with Crippen molar-refractivity contribution in [1.82, 2.24) is 0 Å². The molecule has 0 aliphatic heterocycles. The quantitative estimate of drug-likeness (QED) is 0.675. The van der Waals surface area contributed by atoms with E-state index in [4.69, 9.17) is 9.84 Å². The minimum atomic E-state index is -1.23. The Morgan fingerprint density at radius 2 is 1.96 bits per heavy atom. The van der Waals surface area contributed by atoms with Crippen LogP contribution in [0, 0.1) is 0 Å². The van der Waals surface area contributed by atoms with Crippen molar-refractivity contribution < 1.29 is 24.5 Å². The first-order chi connectivity index (χ1) is 11.5. The predicted molar refractivity (Wildman–Crippen MR) is 89.9 cm³/mol. The van der Waals surface area contributed by atoms with Gasteiger partial charge in [-0.2, -0.15) is 0 Å². The topological polar surface area (TPSA) is 95.9 Å². The van der Waals surface area contributed by atoms with Gasteiger partial charge in [0.05, 0.1) is 6.61 Å². The number of carbonyl (C=O) groups excluding carboxylic acids is 1. The maximum Gasteiger partial charge on any atom is 0.339 e. The number of ether oxygens (including phenoxy) is 1. The zero-order valence-corrected chi connectivity index (χ0v) is 13.3. The lowest BCUT2D eigenvalue weighted by molar-refractivity contribution is 0.0693. The molecule has 0 aliphatic carbocycles. The van der Waals surface area contributed by atoms with E-state index >= 15 is 0 Å². The van der Waals surface area contributed by atoms with Gasteiger partial charge in [0.25, 0.3) is 5.91 Å². The van der Waals surface area contributed by atoms with Crippen molar-refractivity contribution in [2.75, 3.05) is 11.9 Å². The fourth-order valence-corrected chi connectivity index (χ4v) is 2.05. The summed E-state index contributed by atoms with van der Waals surface area (Å²) >= 11 is 0. The number of carboxylic acids is 1. The second-order valence-electron chi connectivity index (χ2n) is 5.22. The molecule has 6 heteroatoms. The van der Waals surface area contributed by atoms with Crippen LogP contribution < -0.4 is 10.1 Å². The third-order valence-electron chi connectivity index (χ3n) is 3.35. The highest BCUT2D eigenvalue weighted by Crippen LogP contribution is 2.23. The minimum Gasteiger partial charge on any atom is -0.507 e. The molecule has 0 bridgehead atoms. The molecule has 0 atom stereocenters. The molecule has 2 rings (SSSR count). The molecule has 0 aromatic heterocycles. The van der Waals surface area contributed by atoms with Crippen LogP contribution in [0.3, 0.4) is 0 Å². The van der Waals surface area contributed by atoms with Gasteiger partial charge in [0.15, 0.2) is 0 Å². The second-order valence-corrected chi connectivity index (χ2v) is 5.22. The van der Waals surface area contributed by atoms with E-state index in [1.54, 1.807) is 24.3 Å². The molecule has 0 saturated heterocycles. The molecule has 0 aliphatic rings. The number of aromatic hydroxyl groups is 1. The van der Waals surface area contributed by atoms with E-state index in [-0.39, 0.29) is 11.5 Å². The SMILES string of the molecule is CCCCOc1cccc(C(=O)Nc2ccc(C(=O)O)c(O)c2)c1. The largest absolute Gasteiger partial charge is 0.507 e. The summed E-state index contributed by atoms with van der Waals surface area (Å²) in [6.45, 7) is 2.66. The standard InChI is InChI=1S/C18H19NO5/c1-2-3-9-24-14-6-4-5-12(10-14)17(21)19-13-7-8-15(18(22)23)16(20)11-13/h4-8,10-11,20H,2-3,9H2,1H3,(H,19,21)(H,22,23). The van der Waals surface area contributed by atoms with Crippen LogP contribution in [0.25, 0.3) is 0 Å². The fourth-order valence-electron chi connectivity index (χ4n) is 2.05. The number of hydrogen-bond donors (Lipinski definition) is 3. The summed E-state index contributed by atoms with van der Waals surface area (Å²) in [5.41, 5.74) is 0.491. The second kappa shape index (κ2) is 8.01. The highest BCUT2D eigenvalue weighted by molar-refractivity contribution is 6.05. The summed E-state index contributed by atoms with van der Waals surface area (Å²) in [4.78, 5) is 23.1. The van der Waals surface area contributed by atoms with Gasteiger partial charge >= 0.3 is 5.97 Å². The van der Waals surface area contributed by atoms with Crippen molar-refractivity contribution in [2.24, 2.45) is 0 Å². The van der Waals surface area contributed by atoms with Gasteiger partial charge in [0, 0.05) is 17.3 Å². The molecule has 3 N–H and O–H groups in total. The van der Waals surface area contributed by atoms with Crippen molar-refractivity contribution in [2.45, 2.75) is 19.8 Å². The molecular weight excluding hydrogens is 310 g/mol. The third kappa shape index (κ3) is 4.49. The van der Waals surface area contributed by atoms with Gasteiger partial charge in [-0.15, -0.1) is 0 Å². The van der Waals surface area contributed by atoms with Gasteiger partial charge in [-0.1, -0.05) is 19.4 Å². The van der Waals surface area contributed by atoms with Crippen LogP contribution in [-0.2, 0) is 0 Å². The van der Waals surface area contributed by atoms with E-state index in [2.05, 4.69) is 12.2 Å². The molecule has 0 fully saturated rings. The van der Waals surface area contributed by atoms with Crippen LogP contribution in [0.4, 0.5) is 5.69 Å². The molecule has 0 radical (unpaired) electrons. The smallest absolute Gasteiger partial charge is 0.339 e.